The van der Waals surface area contributed by atoms with Gasteiger partial charge in [0.2, 0.25) is 11.8 Å². The van der Waals surface area contributed by atoms with Gasteiger partial charge in [0.25, 0.3) is 0 Å². The molecule has 0 radical (unpaired) electrons. The smallest absolute Gasteiger partial charge is 0.247 e. The van der Waals surface area contributed by atoms with Gasteiger partial charge in [0, 0.05) is 12.6 Å². The van der Waals surface area contributed by atoms with E-state index in [0.717, 1.165) is 22.4 Å². The van der Waals surface area contributed by atoms with Crippen LogP contribution in [0.15, 0.2) is 48.5 Å². The third kappa shape index (κ3) is 3.57. The van der Waals surface area contributed by atoms with Gasteiger partial charge in [0.05, 0.1) is 13.5 Å². The quantitative estimate of drug-likeness (QED) is 0.900. The number of nitrogens with one attached hydrogen (secondary N) is 1. The Morgan fingerprint density at radius 2 is 2.00 bits per heavy atom. The maximum absolute atomic E-state index is 13.0. The highest BCUT2D eigenvalue weighted by molar-refractivity contribution is 5.92. The van der Waals surface area contributed by atoms with Gasteiger partial charge < -0.3 is 15.0 Å². The van der Waals surface area contributed by atoms with Gasteiger partial charge in [-0.2, -0.15) is 0 Å². The summed E-state index contributed by atoms with van der Waals surface area (Å²) in [6.45, 7) is 4.26. The minimum atomic E-state index is -0.599. The Labute approximate surface area is 154 Å². The van der Waals surface area contributed by atoms with Crippen LogP contribution in [-0.4, -0.2) is 29.9 Å². The molecule has 136 valence electrons. The maximum Gasteiger partial charge on any atom is 0.247 e. The van der Waals surface area contributed by atoms with Gasteiger partial charge in [0.15, 0.2) is 0 Å². The fraction of sp³-hybridized carbons (Fsp3) is 0.333. The summed E-state index contributed by atoms with van der Waals surface area (Å²) in [4.78, 5) is 27.3. The minimum Gasteiger partial charge on any atom is -0.497 e. The SMILES string of the molecule is COc1cccc(CNC(=O)[C@H]2c3ccccc3CC(=O)N2C(C)C)c1. The van der Waals surface area contributed by atoms with E-state index < -0.39 is 6.04 Å². The van der Waals surface area contributed by atoms with Crippen LogP contribution in [0.3, 0.4) is 0 Å². The molecule has 0 saturated carbocycles. The molecule has 0 aliphatic carbocycles. The van der Waals surface area contributed by atoms with Gasteiger partial charge in [-0.25, -0.2) is 0 Å². The Kier molecular flexibility index (Phi) is 5.26. The van der Waals surface area contributed by atoms with Crippen molar-refractivity contribution in [2.24, 2.45) is 0 Å². The number of benzene rings is 2. The monoisotopic (exact) mass is 352 g/mol. The van der Waals surface area contributed by atoms with Gasteiger partial charge >= 0.3 is 0 Å². The molecule has 1 heterocycles. The predicted molar refractivity (Wildman–Crippen MR) is 99.7 cm³/mol. The summed E-state index contributed by atoms with van der Waals surface area (Å²) >= 11 is 0. The van der Waals surface area contributed by atoms with Crippen LogP contribution in [-0.2, 0) is 22.6 Å². The summed E-state index contributed by atoms with van der Waals surface area (Å²) < 4.78 is 5.22. The van der Waals surface area contributed by atoms with Crippen molar-refractivity contribution in [3.63, 3.8) is 0 Å². The van der Waals surface area contributed by atoms with Crippen LogP contribution in [0.25, 0.3) is 0 Å². The van der Waals surface area contributed by atoms with E-state index in [1.807, 2.05) is 62.4 Å². The first-order chi connectivity index (χ1) is 12.5. The second kappa shape index (κ2) is 7.60. The zero-order valence-corrected chi connectivity index (χ0v) is 15.4. The highest BCUT2D eigenvalue weighted by Gasteiger charge is 2.38. The molecule has 2 aromatic carbocycles. The third-order valence-electron chi connectivity index (χ3n) is 4.66. The Morgan fingerprint density at radius 1 is 1.23 bits per heavy atom. The van der Waals surface area contributed by atoms with Crippen LogP contribution in [0, 0.1) is 0 Å². The highest BCUT2D eigenvalue weighted by Crippen LogP contribution is 2.32. The molecule has 1 aliphatic rings. The van der Waals surface area contributed by atoms with Crippen LogP contribution in [0.4, 0.5) is 0 Å². The summed E-state index contributed by atoms with van der Waals surface area (Å²) in [5, 5.41) is 2.98. The molecule has 26 heavy (non-hydrogen) atoms. The molecule has 0 bridgehead atoms. The Balaban J connectivity index is 1.84. The van der Waals surface area contributed by atoms with E-state index >= 15 is 0 Å². The molecule has 5 heteroatoms. The van der Waals surface area contributed by atoms with Crippen molar-refractivity contribution < 1.29 is 14.3 Å². The van der Waals surface area contributed by atoms with E-state index in [2.05, 4.69) is 5.32 Å². The number of rotatable bonds is 5. The third-order valence-corrected chi connectivity index (χ3v) is 4.66. The molecule has 1 N–H and O–H groups in total. The molecule has 1 aliphatic heterocycles. The lowest BCUT2D eigenvalue weighted by Crippen LogP contribution is -2.50. The van der Waals surface area contributed by atoms with Crippen LogP contribution in [0.5, 0.6) is 5.75 Å². The van der Waals surface area contributed by atoms with E-state index in [4.69, 9.17) is 4.74 Å². The topological polar surface area (TPSA) is 58.6 Å². The predicted octanol–water partition coefficient (Wildman–Crippen LogP) is 2.85. The van der Waals surface area contributed by atoms with Gasteiger partial charge in [-0.3, -0.25) is 9.59 Å². The number of fused-ring (bicyclic) bond motifs is 1. The molecule has 5 nitrogen and oxygen atoms in total. The molecule has 0 fully saturated rings. The number of methoxy groups -OCH3 is 1. The van der Waals surface area contributed by atoms with Crippen molar-refractivity contribution in [3.8, 4) is 5.75 Å². The average Bonchev–Trinajstić information content (AvgIpc) is 2.64. The molecule has 2 amide bonds. The van der Waals surface area contributed by atoms with Gasteiger partial charge in [-0.1, -0.05) is 36.4 Å². The molecular formula is C21H24N2O3. The summed E-state index contributed by atoms with van der Waals surface area (Å²) in [5.41, 5.74) is 2.78. The molecule has 1 atom stereocenters. The molecular weight excluding hydrogens is 328 g/mol. The van der Waals surface area contributed by atoms with E-state index in [1.54, 1.807) is 12.0 Å². The highest BCUT2D eigenvalue weighted by atomic mass is 16.5. The van der Waals surface area contributed by atoms with Crippen molar-refractivity contribution in [2.45, 2.75) is 38.9 Å². The second-order valence-corrected chi connectivity index (χ2v) is 6.74. The van der Waals surface area contributed by atoms with Crippen LogP contribution < -0.4 is 10.1 Å². The second-order valence-electron chi connectivity index (χ2n) is 6.74. The molecule has 0 unspecified atom stereocenters. The van der Waals surface area contributed by atoms with Crippen molar-refractivity contribution in [1.82, 2.24) is 10.2 Å². The average molecular weight is 352 g/mol. The first kappa shape index (κ1) is 18.0. The van der Waals surface area contributed by atoms with Gasteiger partial charge in [0.1, 0.15) is 11.8 Å². The zero-order chi connectivity index (χ0) is 18.7. The number of amides is 2. The number of hydrogen-bond donors (Lipinski definition) is 1. The van der Waals surface area contributed by atoms with E-state index in [9.17, 15) is 9.59 Å². The number of carbonyl (C=O) groups excluding carboxylic acids is 2. The lowest BCUT2D eigenvalue weighted by atomic mass is 9.90. The summed E-state index contributed by atoms with van der Waals surface area (Å²) in [6.07, 6.45) is 0.341. The molecule has 0 saturated heterocycles. The molecule has 3 rings (SSSR count). The summed E-state index contributed by atoms with van der Waals surface area (Å²) in [7, 11) is 1.61. The maximum atomic E-state index is 13.0. The lowest BCUT2D eigenvalue weighted by molar-refractivity contribution is -0.143. The van der Waals surface area contributed by atoms with Crippen molar-refractivity contribution in [1.29, 1.82) is 0 Å². The number of carbonyl (C=O) groups is 2. The van der Waals surface area contributed by atoms with Gasteiger partial charge in [-0.15, -0.1) is 0 Å². The number of nitrogens with zero attached hydrogens (tertiary/aromatic N) is 1. The molecule has 2 aromatic rings. The van der Waals surface area contributed by atoms with Crippen LogP contribution >= 0.6 is 0 Å². The largest absolute Gasteiger partial charge is 0.497 e. The van der Waals surface area contributed by atoms with Crippen molar-refractivity contribution in [2.75, 3.05) is 7.11 Å². The lowest BCUT2D eigenvalue weighted by Gasteiger charge is -2.39. The fourth-order valence-electron chi connectivity index (χ4n) is 3.43. The molecule has 0 spiro atoms. The van der Waals surface area contributed by atoms with Crippen LogP contribution in [0.1, 0.15) is 36.6 Å². The van der Waals surface area contributed by atoms with Crippen LogP contribution in [0.2, 0.25) is 0 Å². The van der Waals surface area contributed by atoms with E-state index in [1.165, 1.54) is 0 Å². The van der Waals surface area contributed by atoms with Gasteiger partial charge in [-0.05, 0) is 42.7 Å². The zero-order valence-electron chi connectivity index (χ0n) is 15.4. The van der Waals surface area contributed by atoms with E-state index in [-0.39, 0.29) is 17.9 Å². The number of ether oxygens (including phenoxy) is 1. The Morgan fingerprint density at radius 3 is 2.73 bits per heavy atom. The first-order valence-corrected chi connectivity index (χ1v) is 8.81. The minimum absolute atomic E-state index is 0.0137. The number of hydrogen-bond acceptors (Lipinski definition) is 3. The summed E-state index contributed by atoms with van der Waals surface area (Å²) in [5.74, 6) is 0.570. The standard InChI is InChI=1S/C21H24N2O3/c1-14(2)23-19(24)12-16-8-4-5-10-18(16)20(23)21(25)22-13-15-7-6-9-17(11-15)26-3/h4-11,14,20H,12-13H2,1-3H3,(H,22,25)/t20-/m1/s1. The first-order valence-electron chi connectivity index (χ1n) is 8.81. The fourth-order valence-corrected chi connectivity index (χ4v) is 3.43. The Bertz CT molecular complexity index is 816. The molecule has 0 aromatic heterocycles. The van der Waals surface area contributed by atoms with Crippen molar-refractivity contribution >= 4 is 11.8 Å². The summed E-state index contributed by atoms with van der Waals surface area (Å²) in [6, 6.07) is 14.6. The van der Waals surface area contributed by atoms with Crippen molar-refractivity contribution in [3.05, 3.63) is 65.2 Å². The normalized spacial score (nSPS) is 16.4. The Hall–Kier alpha value is -2.82. The van der Waals surface area contributed by atoms with E-state index in [0.29, 0.717) is 13.0 Å².